The fourth-order valence-electron chi connectivity index (χ4n) is 4.40. The van der Waals surface area contributed by atoms with Crippen LogP contribution in [0.15, 0.2) is 29.2 Å². The molecule has 0 aliphatic carbocycles. The molecule has 0 saturated heterocycles. The lowest BCUT2D eigenvalue weighted by Gasteiger charge is -2.39. The topological polar surface area (TPSA) is 87.0 Å². The second-order valence-electron chi connectivity index (χ2n) is 9.92. The molecule has 3 rings (SSSR count). The maximum absolute atomic E-state index is 12.5. The second kappa shape index (κ2) is 11.1. The second-order valence-corrected chi connectivity index (χ2v) is 9.92. The highest BCUT2D eigenvalue weighted by Crippen LogP contribution is 2.45. The number of methoxy groups -OCH3 is 1. The quantitative estimate of drug-likeness (QED) is 0.445. The van der Waals surface area contributed by atoms with E-state index in [1.165, 1.54) is 25.1 Å². The molecule has 1 aliphatic heterocycles. The van der Waals surface area contributed by atoms with Crippen LogP contribution in [-0.4, -0.2) is 42.6 Å². The van der Waals surface area contributed by atoms with Crippen LogP contribution in [0.5, 0.6) is 11.5 Å². The maximum Gasteiger partial charge on any atom is 0.341 e. The normalized spacial score (nSPS) is 14.9. The number of benzene rings is 1. The molecular formula is C27H37NO6. The third kappa shape index (κ3) is 5.81. The van der Waals surface area contributed by atoms with E-state index in [2.05, 4.69) is 27.7 Å². The highest BCUT2D eigenvalue weighted by molar-refractivity contribution is 5.88. The van der Waals surface area contributed by atoms with E-state index in [9.17, 15) is 14.7 Å². The number of aromatic carboxylic acids is 1. The number of carboxylic acid groups (broad SMARTS) is 1. The van der Waals surface area contributed by atoms with Gasteiger partial charge in [-0.25, -0.2) is 4.79 Å². The summed E-state index contributed by atoms with van der Waals surface area (Å²) in [5.41, 5.74) is 1.73. The van der Waals surface area contributed by atoms with Gasteiger partial charge in [-0.3, -0.25) is 4.79 Å². The van der Waals surface area contributed by atoms with Crippen molar-refractivity contribution in [2.45, 2.75) is 65.8 Å². The van der Waals surface area contributed by atoms with Crippen molar-refractivity contribution in [2.75, 3.05) is 26.9 Å². The number of nitrogens with zero attached hydrogens (tertiary/aromatic N) is 1. The highest BCUT2D eigenvalue weighted by atomic mass is 16.5. The standard InChI is InChI=1S/C27H37NO6/c1-6-7-8-10-33-11-9-12-34-24-13-18-14-25(27(2,3)4)28-17-20(26(30)31)22(29)16-21(28)19(18)15-23(24)32-5/h13,15-17,25H,6-12,14H2,1-5H3,(H,30,31). The van der Waals surface area contributed by atoms with Crippen LogP contribution in [0.2, 0.25) is 0 Å². The number of carbonyl (C=O) groups is 1. The van der Waals surface area contributed by atoms with Crippen molar-refractivity contribution in [3.63, 3.8) is 0 Å². The molecule has 0 fully saturated rings. The minimum Gasteiger partial charge on any atom is -0.493 e. The minimum atomic E-state index is -1.21. The Bertz CT molecular complexity index is 1070. The Hall–Kier alpha value is -2.80. The molecule has 7 nitrogen and oxygen atoms in total. The number of hydrogen-bond acceptors (Lipinski definition) is 5. The Kier molecular flexibility index (Phi) is 8.42. The number of pyridine rings is 1. The summed E-state index contributed by atoms with van der Waals surface area (Å²) in [6, 6.07) is 5.28. The highest BCUT2D eigenvalue weighted by Gasteiger charge is 2.34. The van der Waals surface area contributed by atoms with Gasteiger partial charge in [0.2, 0.25) is 0 Å². The van der Waals surface area contributed by atoms with Gasteiger partial charge in [0, 0.05) is 43.5 Å². The van der Waals surface area contributed by atoms with Crippen molar-refractivity contribution < 1.29 is 24.1 Å². The first-order chi connectivity index (χ1) is 16.2. The van der Waals surface area contributed by atoms with E-state index >= 15 is 0 Å². The number of fused-ring (bicyclic) bond motifs is 3. The molecule has 0 bridgehead atoms. The molecule has 34 heavy (non-hydrogen) atoms. The van der Waals surface area contributed by atoms with Crippen LogP contribution in [-0.2, 0) is 11.2 Å². The Morgan fingerprint density at radius 1 is 1.09 bits per heavy atom. The molecule has 0 amide bonds. The van der Waals surface area contributed by atoms with Crippen LogP contribution >= 0.6 is 0 Å². The van der Waals surface area contributed by atoms with Crippen LogP contribution in [0, 0.1) is 5.41 Å². The van der Waals surface area contributed by atoms with Gasteiger partial charge in [-0.05, 0) is 36.0 Å². The van der Waals surface area contributed by atoms with Gasteiger partial charge in [-0.15, -0.1) is 0 Å². The van der Waals surface area contributed by atoms with Crippen LogP contribution in [0.3, 0.4) is 0 Å². The van der Waals surface area contributed by atoms with Crippen molar-refractivity contribution in [1.82, 2.24) is 4.57 Å². The monoisotopic (exact) mass is 471 g/mol. The summed E-state index contributed by atoms with van der Waals surface area (Å²) in [6.45, 7) is 10.5. The molecular weight excluding hydrogens is 434 g/mol. The lowest BCUT2D eigenvalue weighted by molar-refractivity contribution is 0.0693. The molecule has 1 N–H and O–H groups in total. The van der Waals surface area contributed by atoms with E-state index in [4.69, 9.17) is 14.2 Å². The predicted octanol–water partition coefficient (Wildman–Crippen LogP) is 5.34. The van der Waals surface area contributed by atoms with Gasteiger partial charge >= 0.3 is 5.97 Å². The van der Waals surface area contributed by atoms with Crippen molar-refractivity contribution in [2.24, 2.45) is 5.41 Å². The fourth-order valence-corrected chi connectivity index (χ4v) is 4.40. The zero-order valence-corrected chi connectivity index (χ0v) is 21.0. The molecule has 1 aliphatic rings. The van der Waals surface area contributed by atoms with Crippen LogP contribution < -0.4 is 14.9 Å². The summed E-state index contributed by atoms with van der Waals surface area (Å²) in [7, 11) is 1.59. The lowest BCUT2D eigenvalue weighted by atomic mass is 9.78. The SMILES string of the molecule is CCCCCOCCCOc1cc2c(cc1OC)-c1cc(=O)c(C(=O)O)cn1C(C(C)(C)C)C2. The summed E-state index contributed by atoms with van der Waals surface area (Å²) in [5.74, 6) is 0.0328. The first-order valence-corrected chi connectivity index (χ1v) is 12.1. The van der Waals surface area contributed by atoms with Gasteiger partial charge in [-0.2, -0.15) is 0 Å². The summed E-state index contributed by atoms with van der Waals surface area (Å²) in [4.78, 5) is 24.2. The number of hydrogen-bond donors (Lipinski definition) is 1. The summed E-state index contributed by atoms with van der Waals surface area (Å²) in [5, 5.41) is 9.49. The Morgan fingerprint density at radius 3 is 2.47 bits per heavy atom. The van der Waals surface area contributed by atoms with E-state index < -0.39 is 11.4 Å². The predicted molar refractivity (Wildman–Crippen MR) is 132 cm³/mol. The Labute approximate surface area is 201 Å². The average Bonchev–Trinajstić information content (AvgIpc) is 2.78. The van der Waals surface area contributed by atoms with Crippen LogP contribution in [0.4, 0.5) is 0 Å². The summed E-state index contributed by atoms with van der Waals surface area (Å²) >= 11 is 0. The average molecular weight is 472 g/mol. The van der Waals surface area contributed by atoms with Gasteiger partial charge in [0.15, 0.2) is 16.9 Å². The van der Waals surface area contributed by atoms with Gasteiger partial charge in [0.1, 0.15) is 5.56 Å². The molecule has 1 atom stereocenters. The molecule has 1 aromatic heterocycles. The molecule has 2 aromatic rings. The molecule has 7 heteroatoms. The third-order valence-electron chi connectivity index (χ3n) is 6.31. The van der Waals surface area contributed by atoms with Gasteiger partial charge in [-0.1, -0.05) is 40.5 Å². The largest absolute Gasteiger partial charge is 0.493 e. The first kappa shape index (κ1) is 25.8. The maximum atomic E-state index is 12.5. The zero-order valence-electron chi connectivity index (χ0n) is 21.0. The van der Waals surface area contributed by atoms with Crippen LogP contribution in [0.25, 0.3) is 11.3 Å². The fraction of sp³-hybridized carbons (Fsp3) is 0.556. The molecule has 0 radical (unpaired) electrons. The number of carboxylic acids is 1. The van der Waals surface area contributed by atoms with E-state index in [0.717, 1.165) is 30.6 Å². The molecule has 0 saturated carbocycles. The van der Waals surface area contributed by atoms with Crippen molar-refractivity contribution in [1.29, 1.82) is 0 Å². The Balaban J connectivity index is 1.88. The van der Waals surface area contributed by atoms with Crippen molar-refractivity contribution >= 4 is 5.97 Å². The van der Waals surface area contributed by atoms with Gasteiger partial charge in [0.25, 0.3) is 0 Å². The molecule has 186 valence electrons. The lowest BCUT2D eigenvalue weighted by Crippen LogP contribution is -2.32. The van der Waals surface area contributed by atoms with Gasteiger partial charge in [0.05, 0.1) is 19.4 Å². The molecule has 1 aromatic carbocycles. The molecule has 0 spiro atoms. The smallest absolute Gasteiger partial charge is 0.341 e. The van der Waals surface area contributed by atoms with Gasteiger partial charge < -0.3 is 23.9 Å². The number of rotatable bonds is 11. The summed E-state index contributed by atoms with van der Waals surface area (Å²) in [6.07, 6.45) is 6.41. The zero-order chi connectivity index (χ0) is 24.9. The van der Waals surface area contributed by atoms with E-state index in [1.807, 2.05) is 16.7 Å². The number of unbranched alkanes of at least 4 members (excludes halogenated alkanes) is 2. The van der Waals surface area contributed by atoms with Crippen LogP contribution in [0.1, 0.15) is 75.3 Å². The molecule has 1 unspecified atom stereocenters. The van der Waals surface area contributed by atoms with Crippen molar-refractivity contribution in [3.05, 3.63) is 45.7 Å². The van der Waals surface area contributed by atoms with Crippen molar-refractivity contribution in [3.8, 4) is 22.8 Å². The number of aromatic nitrogens is 1. The third-order valence-corrected chi connectivity index (χ3v) is 6.31. The first-order valence-electron chi connectivity index (χ1n) is 12.1. The molecule has 2 heterocycles. The van der Waals surface area contributed by atoms with E-state index in [0.29, 0.717) is 36.8 Å². The van der Waals surface area contributed by atoms with E-state index in [-0.39, 0.29) is 17.0 Å². The summed E-state index contributed by atoms with van der Waals surface area (Å²) < 4.78 is 19.2. The Morgan fingerprint density at radius 2 is 1.82 bits per heavy atom. The van der Waals surface area contributed by atoms with E-state index in [1.54, 1.807) is 7.11 Å². The minimum absolute atomic E-state index is 0.0218. The number of ether oxygens (including phenoxy) is 3.